The van der Waals surface area contributed by atoms with Crippen molar-refractivity contribution in [1.82, 2.24) is 4.90 Å². The van der Waals surface area contributed by atoms with Gasteiger partial charge in [-0.1, -0.05) is 13.8 Å². The molecule has 4 N–H and O–H groups in total. The summed E-state index contributed by atoms with van der Waals surface area (Å²) in [7, 11) is 0. The van der Waals surface area contributed by atoms with E-state index >= 15 is 0 Å². The van der Waals surface area contributed by atoms with Crippen LogP contribution in [0.25, 0.3) is 0 Å². The molecule has 25 heavy (non-hydrogen) atoms. The largest absolute Gasteiger partial charge is 0.379 e. The molecule has 1 aromatic carbocycles. The van der Waals surface area contributed by atoms with Crippen LogP contribution in [0.3, 0.4) is 0 Å². The van der Waals surface area contributed by atoms with Gasteiger partial charge in [0, 0.05) is 24.5 Å². The zero-order chi connectivity index (χ0) is 17.5. The number of nitrogens with two attached hydrogens (primary N) is 1. The summed E-state index contributed by atoms with van der Waals surface area (Å²) in [5, 5.41) is 5.62. The third-order valence-corrected chi connectivity index (χ3v) is 3.93. The van der Waals surface area contributed by atoms with Crippen molar-refractivity contribution >= 4 is 35.6 Å². The molecule has 8 heteroatoms. The molecule has 1 aliphatic heterocycles. The minimum absolute atomic E-state index is 0. The highest BCUT2D eigenvalue weighted by atomic mass is 35.5. The van der Waals surface area contributed by atoms with Gasteiger partial charge in [-0.3, -0.25) is 14.5 Å². The number of halogens is 1. The molecule has 7 nitrogen and oxygen atoms in total. The van der Waals surface area contributed by atoms with Gasteiger partial charge in [0.2, 0.25) is 11.8 Å². The van der Waals surface area contributed by atoms with Crippen LogP contribution in [0.15, 0.2) is 24.3 Å². The van der Waals surface area contributed by atoms with E-state index < -0.39 is 6.04 Å². The first-order valence-electron chi connectivity index (χ1n) is 8.22. The van der Waals surface area contributed by atoms with Crippen molar-refractivity contribution in [2.75, 3.05) is 43.5 Å². The molecular formula is C17H27ClN4O3. The van der Waals surface area contributed by atoms with Crippen LogP contribution in [0.4, 0.5) is 11.4 Å². The maximum Gasteiger partial charge on any atom is 0.241 e. The molecule has 0 radical (unpaired) electrons. The quantitative estimate of drug-likeness (QED) is 0.701. The van der Waals surface area contributed by atoms with E-state index in [4.69, 9.17) is 10.5 Å². The Kier molecular flexibility index (Phi) is 8.85. The molecule has 1 fully saturated rings. The Morgan fingerprint density at radius 2 is 1.64 bits per heavy atom. The van der Waals surface area contributed by atoms with Crippen molar-refractivity contribution in [1.29, 1.82) is 0 Å². The topological polar surface area (TPSA) is 96.7 Å². The van der Waals surface area contributed by atoms with Gasteiger partial charge in [0.05, 0.1) is 25.8 Å². The Hall–Kier alpha value is -1.67. The van der Waals surface area contributed by atoms with Crippen LogP contribution in [0.5, 0.6) is 0 Å². The van der Waals surface area contributed by atoms with E-state index in [0.29, 0.717) is 31.1 Å². The Morgan fingerprint density at radius 1 is 1.12 bits per heavy atom. The summed E-state index contributed by atoms with van der Waals surface area (Å²) in [5.41, 5.74) is 7.16. The fourth-order valence-electron chi connectivity index (χ4n) is 2.33. The number of carbonyl (C=O) groups excluding carboxylic acids is 2. The lowest BCUT2D eigenvalue weighted by atomic mass is 10.0. The Morgan fingerprint density at radius 3 is 2.16 bits per heavy atom. The lowest BCUT2D eigenvalue weighted by Crippen LogP contribution is -2.41. The molecule has 1 aromatic rings. The van der Waals surface area contributed by atoms with E-state index in [1.807, 2.05) is 13.8 Å². The summed E-state index contributed by atoms with van der Waals surface area (Å²) < 4.78 is 5.26. The number of hydrogen-bond donors (Lipinski definition) is 3. The summed E-state index contributed by atoms with van der Waals surface area (Å²) in [6, 6.07) is 6.46. The molecule has 2 amide bonds. The van der Waals surface area contributed by atoms with Gasteiger partial charge in [-0.15, -0.1) is 12.4 Å². The first-order chi connectivity index (χ1) is 11.5. The molecule has 0 saturated carbocycles. The first-order valence-corrected chi connectivity index (χ1v) is 8.22. The van der Waals surface area contributed by atoms with Crippen molar-refractivity contribution in [3.63, 3.8) is 0 Å². The average Bonchev–Trinajstić information content (AvgIpc) is 2.56. The van der Waals surface area contributed by atoms with E-state index in [2.05, 4.69) is 15.5 Å². The van der Waals surface area contributed by atoms with E-state index in [1.165, 1.54) is 0 Å². The van der Waals surface area contributed by atoms with Crippen LogP contribution in [0, 0.1) is 5.92 Å². The van der Waals surface area contributed by atoms with Gasteiger partial charge >= 0.3 is 0 Å². The van der Waals surface area contributed by atoms with Crippen LogP contribution in [0.2, 0.25) is 0 Å². The second kappa shape index (κ2) is 10.4. The lowest BCUT2D eigenvalue weighted by molar-refractivity contribution is -0.119. The number of morpholine rings is 1. The van der Waals surface area contributed by atoms with Crippen LogP contribution in [-0.2, 0) is 14.3 Å². The maximum absolute atomic E-state index is 12.0. The molecule has 0 spiro atoms. The van der Waals surface area contributed by atoms with Crippen LogP contribution in [0.1, 0.15) is 13.8 Å². The van der Waals surface area contributed by atoms with Crippen LogP contribution < -0.4 is 16.4 Å². The van der Waals surface area contributed by atoms with Gasteiger partial charge in [-0.25, -0.2) is 0 Å². The molecule has 0 bridgehead atoms. The summed E-state index contributed by atoms with van der Waals surface area (Å²) in [6.07, 6.45) is 0. The van der Waals surface area contributed by atoms with Gasteiger partial charge in [-0.05, 0) is 30.2 Å². The highest BCUT2D eigenvalue weighted by Gasteiger charge is 2.17. The normalized spacial score (nSPS) is 16.0. The summed E-state index contributed by atoms with van der Waals surface area (Å²) >= 11 is 0. The Labute approximate surface area is 154 Å². The predicted octanol–water partition coefficient (Wildman–Crippen LogP) is 1.30. The fraction of sp³-hybridized carbons (Fsp3) is 0.529. The van der Waals surface area contributed by atoms with E-state index in [9.17, 15) is 9.59 Å². The fourth-order valence-corrected chi connectivity index (χ4v) is 2.33. The Balaban J connectivity index is 0.00000312. The molecule has 1 atom stereocenters. The van der Waals surface area contributed by atoms with Crippen molar-refractivity contribution in [3.8, 4) is 0 Å². The highest BCUT2D eigenvalue weighted by Crippen LogP contribution is 2.14. The van der Waals surface area contributed by atoms with Crippen molar-refractivity contribution in [3.05, 3.63) is 24.3 Å². The number of rotatable bonds is 6. The number of nitrogens with one attached hydrogen (secondary N) is 2. The van der Waals surface area contributed by atoms with Crippen molar-refractivity contribution in [2.24, 2.45) is 11.7 Å². The third kappa shape index (κ3) is 6.99. The SMILES string of the molecule is CC(C)[C@H](N)C(=O)Nc1ccc(NC(=O)CN2CCOCC2)cc1.Cl. The molecular weight excluding hydrogens is 344 g/mol. The van der Waals surface area contributed by atoms with E-state index in [-0.39, 0.29) is 30.1 Å². The van der Waals surface area contributed by atoms with Crippen molar-refractivity contribution < 1.29 is 14.3 Å². The number of amides is 2. The monoisotopic (exact) mass is 370 g/mol. The standard InChI is InChI=1S/C17H26N4O3.ClH/c1-12(2)16(18)17(23)20-14-5-3-13(4-6-14)19-15(22)11-21-7-9-24-10-8-21;/h3-6,12,16H,7-11,18H2,1-2H3,(H,19,22)(H,20,23);1H/t16-;/m0./s1. The van der Waals surface area contributed by atoms with Gasteiger partial charge in [-0.2, -0.15) is 0 Å². The highest BCUT2D eigenvalue weighted by molar-refractivity contribution is 5.96. The molecule has 140 valence electrons. The van der Waals surface area contributed by atoms with Crippen molar-refractivity contribution in [2.45, 2.75) is 19.9 Å². The molecule has 0 unspecified atom stereocenters. The number of carbonyl (C=O) groups is 2. The number of hydrogen-bond acceptors (Lipinski definition) is 5. The maximum atomic E-state index is 12.0. The predicted molar refractivity (Wildman–Crippen MR) is 101 cm³/mol. The minimum Gasteiger partial charge on any atom is -0.379 e. The van der Waals surface area contributed by atoms with Gasteiger partial charge in [0.25, 0.3) is 0 Å². The number of anilines is 2. The lowest BCUT2D eigenvalue weighted by Gasteiger charge is -2.25. The molecule has 0 aliphatic carbocycles. The summed E-state index contributed by atoms with van der Waals surface area (Å²) in [5.74, 6) is -0.201. The summed E-state index contributed by atoms with van der Waals surface area (Å²) in [6.45, 7) is 7.03. The molecule has 1 heterocycles. The molecule has 0 aromatic heterocycles. The zero-order valence-electron chi connectivity index (χ0n) is 14.7. The number of nitrogens with zero attached hydrogens (tertiary/aromatic N) is 1. The molecule has 2 rings (SSSR count). The van der Waals surface area contributed by atoms with Gasteiger partial charge in [0.15, 0.2) is 0 Å². The zero-order valence-corrected chi connectivity index (χ0v) is 15.5. The molecule has 1 saturated heterocycles. The smallest absolute Gasteiger partial charge is 0.241 e. The summed E-state index contributed by atoms with van der Waals surface area (Å²) in [4.78, 5) is 26.0. The van der Waals surface area contributed by atoms with Crippen LogP contribution in [-0.4, -0.2) is 55.6 Å². The minimum atomic E-state index is -0.544. The average molecular weight is 371 g/mol. The second-order valence-corrected chi connectivity index (χ2v) is 6.27. The van der Waals surface area contributed by atoms with Crippen LogP contribution >= 0.6 is 12.4 Å². The first kappa shape index (κ1) is 21.4. The number of benzene rings is 1. The van der Waals surface area contributed by atoms with Gasteiger partial charge in [0.1, 0.15) is 0 Å². The molecule has 1 aliphatic rings. The van der Waals surface area contributed by atoms with Gasteiger partial charge < -0.3 is 21.1 Å². The second-order valence-electron chi connectivity index (χ2n) is 6.27. The Bertz CT molecular complexity index is 560. The number of ether oxygens (including phenoxy) is 1. The van der Waals surface area contributed by atoms with E-state index in [0.717, 1.165) is 13.1 Å². The third-order valence-electron chi connectivity index (χ3n) is 3.93. The van der Waals surface area contributed by atoms with E-state index in [1.54, 1.807) is 24.3 Å².